The van der Waals surface area contributed by atoms with Crippen molar-refractivity contribution in [1.82, 2.24) is 5.32 Å². The molecule has 0 unspecified atom stereocenters. The zero-order chi connectivity index (χ0) is 24.0. The zero-order valence-corrected chi connectivity index (χ0v) is 20.6. The molecular formula is C27H36ClNO4. The summed E-state index contributed by atoms with van der Waals surface area (Å²) in [7, 11) is 0. The minimum atomic E-state index is -0.861. The van der Waals surface area contributed by atoms with Crippen molar-refractivity contribution in [3.63, 3.8) is 0 Å². The molecule has 0 aliphatic heterocycles. The molecule has 0 aromatic heterocycles. The highest BCUT2D eigenvalue weighted by atomic mass is 35.5. The average Bonchev–Trinajstić information content (AvgIpc) is 3.16. The molecule has 1 aliphatic carbocycles. The molecule has 2 aromatic rings. The molecule has 3 N–H and O–H groups in total. The van der Waals surface area contributed by atoms with Gasteiger partial charge in [0.15, 0.2) is 0 Å². The number of aliphatic carboxylic acids is 1. The fraction of sp³-hybridized carbons (Fsp3) is 0.519. The summed E-state index contributed by atoms with van der Waals surface area (Å²) in [4.78, 5) is 11.0. The lowest BCUT2D eigenvalue weighted by Gasteiger charge is -2.31. The number of aliphatic hydroxyl groups is 1. The third-order valence-electron chi connectivity index (χ3n) is 6.47. The van der Waals surface area contributed by atoms with Gasteiger partial charge in [-0.3, -0.25) is 4.79 Å². The number of nitrogens with one attached hydrogen (secondary N) is 1. The molecule has 0 heterocycles. The Balaban J connectivity index is 1.46. The second-order valence-electron chi connectivity index (χ2n) is 9.84. The van der Waals surface area contributed by atoms with E-state index < -0.39 is 12.1 Å². The first-order valence-corrected chi connectivity index (χ1v) is 12.1. The minimum absolute atomic E-state index is 0.0111. The van der Waals surface area contributed by atoms with E-state index in [-0.39, 0.29) is 24.7 Å². The Morgan fingerprint density at radius 3 is 2.48 bits per heavy atom. The molecule has 1 aliphatic rings. The van der Waals surface area contributed by atoms with Gasteiger partial charge in [-0.2, -0.15) is 0 Å². The highest BCUT2D eigenvalue weighted by Crippen LogP contribution is 2.32. The van der Waals surface area contributed by atoms with Crippen molar-refractivity contribution in [2.75, 3.05) is 13.2 Å². The molecule has 33 heavy (non-hydrogen) atoms. The number of benzene rings is 2. The van der Waals surface area contributed by atoms with Gasteiger partial charge in [-0.15, -0.1) is 0 Å². The summed E-state index contributed by atoms with van der Waals surface area (Å²) in [6, 6.07) is 14.2. The maximum Gasteiger partial charge on any atom is 0.303 e. The van der Waals surface area contributed by atoms with Gasteiger partial charge in [0, 0.05) is 23.5 Å². The molecule has 3 rings (SSSR count). The molecule has 0 spiro atoms. The molecule has 0 bridgehead atoms. The molecule has 0 amide bonds. The number of fused-ring (bicyclic) bond motifs is 1. The Morgan fingerprint density at radius 2 is 1.85 bits per heavy atom. The second-order valence-corrected chi connectivity index (χ2v) is 10.2. The van der Waals surface area contributed by atoms with Crippen LogP contribution in [0.5, 0.6) is 0 Å². The SMILES string of the molecule is C[C@@H](OC[C@H](O)CNC(C)(C)CC1Cc2ccccc2C1)c1cccc(Cl)c1CCC(=O)O. The lowest BCUT2D eigenvalue weighted by Crippen LogP contribution is -2.45. The predicted molar refractivity (Wildman–Crippen MR) is 132 cm³/mol. The maximum absolute atomic E-state index is 11.0. The van der Waals surface area contributed by atoms with Crippen LogP contribution >= 0.6 is 11.6 Å². The number of ether oxygens (including phenoxy) is 1. The third-order valence-corrected chi connectivity index (χ3v) is 6.83. The van der Waals surface area contributed by atoms with Crippen molar-refractivity contribution in [2.24, 2.45) is 5.92 Å². The van der Waals surface area contributed by atoms with E-state index in [9.17, 15) is 9.90 Å². The summed E-state index contributed by atoms with van der Waals surface area (Å²) in [5, 5.41) is 23.6. The Bertz CT molecular complexity index is 920. The number of halogens is 1. The van der Waals surface area contributed by atoms with Gasteiger partial charge in [-0.05, 0) is 80.7 Å². The topological polar surface area (TPSA) is 78.8 Å². The van der Waals surface area contributed by atoms with E-state index in [0.29, 0.717) is 23.9 Å². The van der Waals surface area contributed by atoms with Gasteiger partial charge in [-0.1, -0.05) is 48.0 Å². The Morgan fingerprint density at radius 1 is 1.18 bits per heavy atom. The number of aliphatic hydroxyl groups excluding tert-OH is 1. The molecule has 180 valence electrons. The van der Waals surface area contributed by atoms with Crippen LogP contribution in [0.15, 0.2) is 42.5 Å². The summed E-state index contributed by atoms with van der Waals surface area (Å²) in [6.45, 7) is 6.91. The van der Waals surface area contributed by atoms with Crippen LogP contribution in [0.1, 0.15) is 62.0 Å². The average molecular weight is 474 g/mol. The highest BCUT2D eigenvalue weighted by molar-refractivity contribution is 6.31. The molecule has 0 saturated heterocycles. The molecular weight excluding hydrogens is 438 g/mol. The van der Waals surface area contributed by atoms with E-state index in [1.54, 1.807) is 6.07 Å². The summed E-state index contributed by atoms with van der Waals surface area (Å²) in [6.07, 6.45) is 2.70. The van der Waals surface area contributed by atoms with Gasteiger partial charge in [0.1, 0.15) is 0 Å². The normalized spacial score (nSPS) is 15.9. The summed E-state index contributed by atoms with van der Waals surface area (Å²) < 4.78 is 5.94. The van der Waals surface area contributed by atoms with E-state index >= 15 is 0 Å². The van der Waals surface area contributed by atoms with E-state index in [1.165, 1.54) is 11.1 Å². The van der Waals surface area contributed by atoms with Gasteiger partial charge in [0.25, 0.3) is 0 Å². The van der Waals surface area contributed by atoms with E-state index in [2.05, 4.69) is 43.4 Å². The number of β-amino-alcohol motifs (C(OH)–C–C–N with tert-alkyl or cyclic N) is 1. The van der Waals surface area contributed by atoms with Crippen molar-refractivity contribution in [3.05, 3.63) is 69.7 Å². The predicted octanol–water partition coefficient (Wildman–Crippen LogP) is 4.97. The molecule has 5 nitrogen and oxygen atoms in total. The highest BCUT2D eigenvalue weighted by Gasteiger charge is 2.28. The molecule has 6 heteroatoms. The summed E-state index contributed by atoms with van der Waals surface area (Å²) in [5.41, 5.74) is 4.50. The van der Waals surface area contributed by atoms with Gasteiger partial charge < -0.3 is 20.3 Å². The monoisotopic (exact) mass is 473 g/mol. The first kappa shape index (κ1) is 25.7. The van der Waals surface area contributed by atoms with Crippen LogP contribution in [0, 0.1) is 5.92 Å². The zero-order valence-electron chi connectivity index (χ0n) is 19.8. The van der Waals surface area contributed by atoms with Crippen LogP contribution in [0.25, 0.3) is 0 Å². The second kappa shape index (κ2) is 11.5. The van der Waals surface area contributed by atoms with Crippen LogP contribution in [-0.2, 0) is 28.8 Å². The molecule has 2 aromatic carbocycles. The van der Waals surface area contributed by atoms with E-state index in [4.69, 9.17) is 21.4 Å². The van der Waals surface area contributed by atoms with E-state index in [1.807, 2.05) is 19.1 Å². The van der Waals surface area contributed by atoms with Crippen molar-refractivity contribution in [2.45, 2.75) is 70.6 Å². The minimum Gasteiger partial charge on any atom is -0.481 e. The largest absolute Gasteiger partial charge is 0.481 e. The van der Waals surface area contributed by atoms with Crippen molar-refractivity contribution in [1.29, 1.82) is 0 Å². The Kier molecular flexibility index (Phi) is 8.94. The van der Waals surface area contributed by atoms with Crippen molar-refractivity contribution in [3.8, 4) is 0 Å². The number of carboxylic acid groups (broad SMARTS) is 1. The first-order chi connectivity index (χ1) is 15.6. The number of hydrogen-bond acceptors (Lipinski definition) is 4. The number of carbonyl (C=O) groups is 1. The molecule has 0 fully saturated rings. The lowest BCUT2D eigenvalue weighted by atomic mass is 9.88. The van der Waals surface area contributed by atoms with Crippen molar-refractivity contribution < 1.29 is 19.7 Å². The van der Waals surface area contributed by atoms with Crippen LogP contribution in [0.2, 0.25) is 5.02 Å². The number of carboxylic acids is 1. The maximum atomic E-state index is 11.0. The fourth-order valence-corrected chi connectivity index (χ4v) is 5.11. The number of hydrogen-bond donors (Lipinski definition) is 3. The first-order valence-electron chi connectivity index (χ1n) is 11.7. The number of rotatable bonds is 12. The van der Waals surface area contributed by atoms with Crippen LogP contribution < -0.4 is 5.32 Å². The van der Waals surface area contributed by atoms with Crippen molar-refractivity contribution >= 4 is 17.6 Å². The lowest BCUT2D eigenvalue weighted by molar-refractivity contribution is -0.136. The quantitative estimate of drug-likeness (QED) is 0.405. The van der Waals surface area contributed by atoms with Gasteiger partial charge in [-0.25, -0.2) is 0 Å². The van der Waals surface area contributed by atoms with E-state index in [0.717, 1.165) is 30.4 Å². The summed E-state index contributed by atoms with van der Waals surface area (Å²) in [5.74, 6) is -0.245. The smallest absolute Gasteiger partial charge is 0.303 e. The van der Waals surface area contributed by atoms with Crippen LogP contribution in [0.4, 0.5) is 0 Å². The standard InChI is InChI=1S/C27H36ClNO4/c1-18(23-9-6-10-25(28)24(23)11-12-26(31)32)33-17-22(30)16-29-27(2,3)15-19-13-20-7-4-5-8-21(20)14-19/h4-10,18-19,22,29-30H,11-17H2,1-3H3,(H,31,32)/t18-,22-/m1/s1. The summed E-state index contributed by atoms with van der Waals surface area (Å²) >= 11 is 6.31. The Hall–Kier alpha value is -1.92. The van der Waals surface area contributed by atoms with Crippen LogP contribution in [-0.4, -0.2) is 41.0 Å². The Labute approximate surface area is 202 Å². The van der Waals surface area contributed by atoms with Gasteiger partial charge in [0.2, 0.25) is 0 Å². The molecule has 0 saturated carbocycles. The molecule has 0 radical (unpaired) electrons. The van der Waals surface area contributed by atoms with Crippen LogP contribution in [0.3, 0.4) is 0 Å². The van der Waals surface area contributed by atoms with Gasteiger partial charge in [0.05, 0.1) is 18.8 Å². The third kappa shape index (κ3) is 7.54. The fourth-order valence-electron chi connectivity index (χ4n) is 4.84. The van der Waals surface area contributed by atoms with Gasteiger partial charge >= 0.3 is 5.97 Å². The molecule has 2 atom stereocenters.